The summed E-state index contributed by atoms with van der Waals surface area (Å²) >= 11 is 1.71. The highest BCUT2D eigenvalue weighted by Gasteiger charge is 2.30. The first-order valence-corrected chi connectivity index (χ1v) is 8.04. The van der Waals surface area contributed by atoms with Gasteiger partial charge in [0.25, 0.3) is 0 Å². The zero-order valence-electron chi connectivity index (χ0n) is 13.0. The molecular formula is C16H19Cl2N3O2S. The Labute approximate surface area is 157 Å². The molecule has 130 valence electrons. The fourth-order valence-electron chi connectivity index (χ4n) is 2.31. The van der Waals surface area contributed by atoms with Gasteiger partial charge >= 0.3 is 0 Å². The molecule has 0 radical (unpaired) electrons. The Morgan fingerprint density at radius 3 is 2.79 bits per heavy atom. The molecule has 1 aromatic heterocycles. The van der Waals surface area contributed by atoms with E-state index in [-0.39, 0.29) is 42.1 Å². The average molecular weight is 388 g/mol. The van der Waals surface area contributed by atoms with Crippen LogP contribution in [-0.2, 0) is 4.79 Å². The number of nitrogens with one attached hydrogen (secondary N) is 2. The normalized spacial score (nSPS) is 18.9. The maximum absolute atomic E-state index is 12.4. The van der Waals surface area contributed by atoms with Crippen LogP contribution in [0.5, 0.6) is 5.75 Å². The molecule has 24 heavy (non-hydrogen) atoms. The number of rotatable bonds is 4. The summed E-state index contributed by atoms with van der Waals surface area (Å²) in [5, 5.41) is 6.35. The molecule has 2 N–H and O–H groups in total. The van der Waals surface area contributed by atoms with E-state index in [1.165, 1.54) is 0 Å². The molecule has 2 unspecified atom stereocenters. The minimum Gasteiger partial charge on any atom is -0.495 e. The highest BCUT2D eigenvalue weighted by Crippen LogP contribution is 2.33. The van der Waals surface area contributed by atoms with Crippen molar-refractivity contribution in [3.05, 3.63) is 54.4 Å². The second kappa shape index (κ2) is 9.74. The maximum atomic E-state index is 12.4. The molecule has 1 saturated heterocycles. The fraction of sp³-hybridized carbons (Fsp3) is 0.250. The van der Waals surface area contributed by atoms with Crippen molar-refractivity contribution in [3.8, 4) is 5.75 Å². The molecule has 0 aliphatic carbocycles. The summed E-state index contributed by atoms with van der Waals surface area (Å²) in [6.45, 7) is 0. The third kappa shape index (κ3) is 4.77. The highest BCUT2D eigenvalue weighted by atomic mass is 35.5. The molecule has 1 aromatic carbocycles. The van der Waals surface area contributed by atoms with Gasteiger partial charge in [0.2, 0.25) is 5.91 Å². The molecule has 1 aliphatic heterocycles. The van der Waals surface area contributed by atoms with E-state index in [0.717, 1.165) is 11.3 Å². The Balaban J connectivity index is 0.00000144. The van der Waals surface area contributed by atoms with E-state index in [9.17, 15) is 4.79 Å². The first-order chi connectivity index (χ1) is 10.8. The van der Waals surface area contributed by atoms with Gasteiger partial charge in [-0.1, -0.05) is 18.2 Å². The van der Waals surface area contributed by atoms with Crippen LogP contribution in [0.4, 0.5) is 5.69 Å². The lowest BCUT2D eigenvalue weighted by Gasteiger charge is -2.15. The topological polar surface area (TPSA) is 63.2 Å². The Hall–Kier alpha value is -1.47. The SMILES string of the molecule is COc1ccccc1NC(=O)C1CSC(c2cccnc2)N1.Cl.Cl. The molecule has 2 heterocycles. The Bertz CT molecular complexity index is 661. The van der Waals surface area contributed by atoms with Crippen molar-refractivity contribution in [3.63, 3.8) is 0 Å². The molecule has 0 spiro atoms. The van der Waals surface area contributed by atoms with Crippen LogP contribution in [0.1, 0.15) is 10.9 Å². The summed E-state index contributed by atoms with van der Waals surface area (Å²) in [5.41, 5.74) is 1.77. The molecule has 3 rings (SSSR count). The number of pyridine rings is 1. The van der Waals surface area contributed by atoms with Gasteiger partial charge in [-0.05, 0) is 23.8 Å². The quantitative estimate of drug-likeness (QED) is 0.842. The highest BCUT2D eigenvalue weighted by molar-refractivity contribution is 7.99. The van der Waals surface area contributed by atoms with Crippen LogP contribution in [0.3, 0.4) is 0 Å². The minimum atomic E-state index is -0.236. The Morgan fingerprint density at radius 2 is 2.08 bits per heavy atom. The van der Waals surface area contributed by atoms with Crippen LogP contribution in [0.25, 0.3) is 0 Å². The fourth-order valence-corrected chi connectivity index (χ4v) is 3.54. The Morgan fingerprint density at radius 1 is 1.29 bits per heavy atom. The number of thioether (sulfide) groups is 1. The summed E-state index contributed by atoms with van der Waals surface area (Å²) in [6.07, 6.45) is 3.57. The predicted octanol–water partition coefficient (Wildman–Crippen LogP) is 3.28. The lowest BCUT2D eigenvalue weighted by atomic mass is 10.2. The molecule has 0 bridgehead atoms. The summed E-state index contributed by atoms with van der Waals surface area (Å²) in [7, 11) is 1.59. The Kier molecular flexibility index (Phi) is 8.35. The van der Waals surface area contributed by atoms with E-state index in [2.05, 4.69) is 15.6 Å². The van der Waals surface area contributed by atoms with E-state index in [1.807, 2.05) is 42.6 Å². The first-order valence-electron chi connectivity index (χ1n) is 6.99. The van der Waals surface area contributed by atoms with Crippen LogP contribution >= 0.6 is 36.6 Å². The van der Waals surface area contributed by atoms with Crippen molar-refractivity contribution in [2.45, 2.75) is 11.4 Å². The molecule has 8 heteroatoms. The van der Waals surface area contributed by atoms with E-state index in [0.29, 0.717) is 11.4 Å². The molecule has 1 fully saturated rings. The third-order valence-electron chi connectivity index (χ3n) is 3.45. The smallest absolute Gasteiger partial charge is 0.242 e. The van der Waals surface area contributed by atoms with Crippen LogP contribution in [0.2, 0.25) is 0 Å². The number of anilines is 1. The lowest BCUT2D eigenvalue weighted by Crippen LogP contribution is -2.38. The number of hydrogen-bond donors (Lipinski definition) is 2. The summed E-state index contributed by atoms with van der Waals surface area (Å²) in [4.78, 5) is 16.5. The zero-order valence-corrected chi connectivity index (χ0v) is 15.4. The molecule has 1 aliphatic rings. The monoisotopic (exact) mass is 387 g/mol. The van der Waals surface area contributed by atoms with Crippen LogP contribution in [0, 0.1) is 0 Å². The molecule has 0 saturated carbocycles. The van der Waals surface area contributed by atoms with Gasteiger partial charge < -0.3 is 10.1 Å². The summed E-state index contributed by atoms with van der Waals surface area (Å²) in [6, 6.07) is 11.1. The van der Waals surface area contributed by atoms with Crippen molar-refractivity contribution in [1.29, 1.82) is 0 Å². The van der Waals surface area contributed by atoms with Gasteiger partial charge in [-0.3, -0.25) is 15.1 Å². The van der Waals surface area contributed by atoms with E-state index < -0.39 is 0 Å². The van der Waals surface area contributed by atoms with Gasteiger partial charge in [0.1, 0.15) is 5.75 Å². The van der Waals surface area contributed by atoms with Crippen molar-refractivity contribution in [2.75, 3.05) is 18.2 Å². The minimum absolute atomic E-state index is 0. The number of amides is 1. The largest absolute Gasteiger partial charge is 0.495 e. The van der Waals surface area contributed by atoms with Gasteiger partial charge in [-0.2, -0.15) is 0 Å². The van der Waals surface area contributed by atoms with Crippen LogP contribution in [0.15, 0.2) is 48.8 Å². The maximum Gasteiger partial charge on any atom is 0.242 e. The molecule has 2 aromatic rings. The number of nitrogens with zero attached hydrogens (tertiary/aromatic N) is 1. The van der Waals surface area contributed by atoms with Gasteiger partial charge in [-0.25, -0.2) is 0 Å². The van der Waals surface area contributed by atoms with Gasteiger partial charge in [0, 0.05) is 18.1 Å². The van der Waals surface area contributed by atoms with Crippen molar-refractivity contribution in [2.24, 2.45) is 0 Å². The van der Waals surface area contributed by atoms with E-state index in [1.54, 1.807) is 25.1 Å². The number of carbonyl (C=O) groups is 1. The summed E-state index contributed by atoms with van der Waals surface area (Å²) in [5.74, 6) is 1.33. The number of aromatic nitrogens is 1. The molecule has 5 nitrogen and oxygen atoms in total. The second-order valence-corrected chi connectivity index (χ2v) is 6.05. The zero-order chi connectivity index (χ0) is 15.4. The number of para-hydroxylation sites is 2. The third-order valence-corrected chi connectivity index (χ3v) is 4.72. The number of carbonyl (C=O) groups excluding carboxylic acids is 1. The number of halogens is 2. The van der Waals surface area contributed by atoms with Crippen molar-refractivity contribution < 1.29 is 9.53 Å². The van der Waals surface area contributed by atoms with E-state index in [4.69, 9.17) is 4.74 Å². The van der Waals surface area contributed by atoms with Crippen molar-refractivity contribution in [1.82, 2.24) is 10.3 Å². The predicted molar refractivity (Wildman–Crippen MR) is 102 cm³/mol. The first kappa shape index (κ1) is 20.6. The van der Waals surface area contributed by atoms with Crippen molar-refractivity contribution >= 4 is 48.2 Å². The number of hydrogen-bond acceptors (Lipinski definition) is 5. The lowest BCUT2D eigenvalue weighted by molar-refractivity contribution is -0.117. The second-order valence-electron chi connectivity index (χ2n) is 4.91. The summed E-state index contributed by atoms with van der Waals surface area (Å²) < 4.78 is 5.25. The number of ether oxygens (including phenoxy) is 1. The number of benzene rings is 1. The molecule has 2 atom stereocenters. The molecule has 1 amide bonds. The van der Waals surface area contributed by atoms with Crippen LogP contribution in [-0.4, -0.2) is 29.8 Å². The van der Waals surface area contributed by atoms with Gasteiger partial charge in [-0.15, -0.1) is 36.6 Å². The van der Waals surface area contributed by atoms with Gasteiger partial charge in [0.15, 0.2) is 0 Å². The van der Waals surface area contributed by atoms with E-state index >= 15 is 0 Å². The molecular weight excluding hydrogens is 369 g/mol. The average Bonchev–Trinajstić information content (AvgIpc) is 3.06. The number of methoxy groups -OCH3 is 1. The van der Waals surface area contributed by atoms with Gasteiger partial charge in [0.05, 0.1) is 24.2 Å². The van der Waals surface area contributed by atoms with Crippen LogP contribution < -0.4 is 15.4 Å². The standard InChI is InChI=1S/C16H17N3O2S.2ClH/c1-21-14-7-3-2-6-12(14)18-15(20)13-10-22-16(19-13)11-5-4-8-17-9-11;;/h2-9,13,16,19H,10H2,1H3,(H,18,20);2*1H.